The van der Waals surface area contributed by atoms with Crippen LogP contribution in [0.3, 0.4) is 0 Å². The maximum absolute atomic E-state index is 12.2. The highest BCUT2D eigenvalue weighted by molar-refractivity contribution is 5.89. The van der Waals surface area contributed by atoms with Crippen molar-refractivity contribution >= 4 is 24.0 Å². The molecule has 7 nitrogen and oxygen atoms in total. The Labute approximate surface area is 170 Å². The summed E-state index contributed by atoms with van der Waals surface area (Å²) in [5.41, 5.74) is 0.0652. The van der Waals surface area contributed by atoms with E-state index in [4.69, 9.17) is 14.2 Å². The second-order valence-corrected chi connectivity index (χ2v) is 7.27. The molecule has 29 heavy (non-hydrogen) atoms. The van der Waals surface area contributed by atoms with Crippen LogP contribution in [0.4, 0.5) is 10.5 Å². The number of carbonyl (C=O) groups excluding carboxylic acids is 3. The molecular weight excluding hydrogens is 374 g/mol. The number of nitrogens with one attached hydrogen (secondary N) is 1. The molecule has 0 fully saturated rings. The van der Waals surface area contributed by atoms with Gasteiger partial charge in [0.2, 0.25) is 0 Å². The van der Waals surface area contributed by atoms with Crippen LogP contribution < -0.4 is 14.8 Å². The topological polar surface area (TPSA) is 90.9 Å². The van der Waals surface area contributed by atoms with Gasteiger partial charge in [0, 0.05) is 12.0 Å². The molecule has 2 aromatic rings. The average Bonchev–Trinajstić information content (AvgIpc) is 2.63. The molecule has 0 radical (unpaired) electrons. The van der Waals surface area contributed by atoms with Crippen molar-refractivity contribution in [1.29, 1.82) is 0 Å². The van der Waals surface area contributed by atoms with Crippen LogP contribution in [0, 0.1) is 0 Å². The van der Waals surface area contributed by atoms with Crippen molar-refractivity contribution in [2.24, 2.45) is 0 Å². The molecule has 0 atom stereocenters. The average molecular weight is 399 g/mol. The third kappa shape index (κ3) is 6.95. The molecule has 0 unspecified atom stereocenters. The van der Waals surface area contributed by atoms with E-state index in [1.807, 2.05) is 6.92 Å². The normalized spacial score (nSPS) is 10.8. The number of aldehydes is 1. The Morgan fingerprint density at radius 2 is 1.76 bits per heavy atom. The molecule has 0 spiro atoms. The van der Waals surface area contributed by atoms with Crippen LogP contribution in [-0.4, -0.2) is 23.9 Å². The number of amides is 1. The van der Waals surface area contributed by atoms with Crippen LogP contribution >= 0.6 is 0 Å². The lowest BCUT2D eigenvalue weighted by Gasteiger charge is -2.21. The standard InChI is InChI=1S/C22H25NO6/c1-5-7-19(25)28-20-17(23-21(26)29-22(2,3)4)8-6-9-18(20)27-16-12-10-15(14-24)11-13-16/h6,8-14H,5,7H2,1-4H3,(H,23,26). The minimum absolute atomic E-state index is 0.0799. The first kappa shape index (κ1) is 21.9. The molecule has 0 aromatic heterocycles. The van der Waals surface area contributed by atoms with Crippen LogP contribution in [0.15, 0.2) is 42.5 Å². The van der Waals surface area contributed by atoms with E-state index in [-0.39, 0.29) is 23.6 Å². The van der Waals surface area contributed by atoms with E-state index in [9.17, 15) is 14.4 Å². The van der Waals surface area contributed by atoms with E-state index < -0.39 is 17.7 Å². The smallest absolute Gasteiger partial charge is 0.412 e. The van der Waals surface area contributed by atoms with Gasteiger partial charge < -0.3 is 14.2 Å². The molecule has 0 saturated heterocycles. The van der Waals surface area contributed by atoms with Crippen molar-refractivity contribution in [2.45, 2.75) is 46.1 Å². The largest absolute Gasteiger partial charge is 0.453 e. The summed E-state index contributed by atoms with van der Waals surface area (Å²) >= 11 is 0. The predicted octanol–water partition coefficient (Wildman–Crippen LogP) is 5.34. The summed E-state index contributed by atoms with van der Waals surface area (Å²) in [5.74, 6) is 0.308. The van der Waals surface area contributed by atoms with Crippen LogP contribution in [-0.2, 0) is 9.53 Å². The number of hydrogen-bond acceptors (Lipinski definition) is 6. The first-order valence-corrected chi connectivity index (χ1v) is 9.28. The van der Waals surface area contributed by atoms with Gasteiger partial charge in [-0.15, -0.1) is 0 Å². The lowest BCUT2D eigenvalue weighted by atomic mass is 10.2. The quantitative estimate of drug-likeness (QED) is 0.384. The Balaban J connectivity index is 2.34. The first-order valence-electron chi connectivity index (χ1n) is 9.28. The van der Waals surface area contributed by atoms with Gasteiger partial charge >= 0.3 is 12.1 Å². The highest BCUT2D eigenvalue weighted by Gasteiger charge is 2.21. The summed E-state index contributed by atoms with van der Waals surface area (Å²) in [6.45, 7) is 7.10. The minimum atomic E-state index is -0.683. The van der Waals surface area contributed by atoms with E-state index in [0.29, 0.717) is 17.7 Å². The van der Waals surface area contributed by atoms with E-state index in [2.05, 4.69) is 5.32 Å². The zero-order valence-electron chi connectivity index (χ0n) is 17.0. The molecule has 1 N–H and O–H groups in total. The number of rotatable bonds is 7. The van der Waals surface area contributed by atoms with Crippen molar-refractivity contribution in [3.05, 3.63) is 48.0 Å². The minimum Gasteiger partial charge on any atom is -0.453 e. The summed E-state index contributed by atoms with van der Waals surface area (Å²) in [4.78, 5) is 35.1. The fourth-order valence-corrected chi connectivity index (χ4v) is 2.32. The molecular formula is C22H25NO6. The lowest BCUT2D eigenvalue weighted by molar-refractivity contribution is -0.134. The summed E-state index contributed by atoms with van der Waals surface area (Å²) in [7, 11) is 0. The maximum atomic E-state index is 12.2. The van der Waals surface area contributed by atoms with Crippen molar-refractivity contribution in [3.8, 4) is 17.2 Å². The zero-order valence-corrected chi connectivity index (χ0v) is 17.0. The van der Waals surface area contributed by atoms with Gasteiger partial charge in [-0.1, -0.05) is 13.0 Å². The van der Waals surface area contributed by atoms with E-state index in [1.165, 1.54) is 0 Å². The van der Waals surface area contributed by atoms with E-state index >= 15 is 0 Å². The summed E-state index contributed by atoms with van der Waals surface area (Å²) in [5, 5.41) is 2.59. The second kappa shape index (κ2) is 9.73. The third-order valence-electron chi connectivity index (χ3n) is 3.53. The van der Waals surface area contributed by atoms with Gasteiger partial charge in [-0.05, 0) is 63.6 Å². The molecule has 2 rings (SSSR count). The molecule has 1 amide bonds. The van der Waals surface area contributed by atoms with Crippen LogP contribution in [0.5, 0.6) is 17.2 Å². The lowest BCUT2D eigenvalue weighted by Crippen LogP contribution is -2.27. The summed E-state index contributed by atoms with van der Waals surface area (Å²) in [6, 6.07) is 11.3. The molecule has 0 aliphatic rings. The molecule has 0 bridgehead atoms. The van der Waals surface area contributed by atoms with Gasteiger partial charge in [-0.2, -0.15) is 0 Å². The van der Waals surface area contributed by atoms with Gasteiger partial charge in [0.05, 0.1) is 5.69 Å². The molecule has 0 saturated carbocycles. The van der Waals surface area contributed by atoms with E-state index in [1.54, 1.807) is 63.2 Å². The summed E-state index contributed by atoms with van der Waals surface area (Å²) < 4.78 is 16.6. The van der Waals surface area contributed by atoms with Crippen LogP contribution in [0.25, 0.3) is 0 Å². The molecule has 0 aliphatic carbocycles. The van der Waals surface area contributed by atoms with Crippen molar-refractivity contribution in [1.82, 2.24) is 0 Å². The molecule has 7 heteroatoms. The van der Waals surface area contributed by atoms with Crippen molar-refractivity contribution < 1.29 is 28.6 Å². The Bertz CT molecular complexity index is 868. The number of hydrogen-bond donors (Lipinski definition) is 1. The van der Waals surface area contributed by atoms with Gasteiger partial charge in [-0.25, -0.2) is 4.79 Å². The van der Waals surface area contributed by atoms with Crippen molar-refractivity contribution in [3.63, 3.8) is 0 Å². The van der Waals surface area contributed by atoms with Crippen LogP contribution in [0.2, 0.25) is 0 Å². The van der Waals surface area contributed by atoms with Gasteiger partial charge in [0.25, 0.3) is 0 Å². The number of anilines is 1. The maximum Gasteiger partial charge on any atom is 0.412 e. The molecule has 0 aliphatic heterocycles. The highest BCUT2D eigenvalue weighted by Crippen LogP contribution is 2.38. The molecule has 2 aromatic carbocycles. The number of carbonyl (C=O) groups is 3. The van der Waals surface area contributed by atoms with Crippen molar-refractivity contribution in [2.75, 3.05) is 5.32 Å². The molecule has 0 heterocycles. The highest BCUT2D eigenvalue weighted by atomic mass is 16.6. The predicted molar refractivity (Wildman–Crippen MR) is 109 cm³/mol. The fourth-order valence-electron chi connectivity index (χ4n) is 2.32. The monoisotopic (exact) mass is 399 g/mol. The zero-order chi connectivity index (χ0) is 21.4. The van der Waals surface area contributed by atoms with Crippen LogP contribution in [0.1, 0.15) is 50.9 Å². The summed E-state index contributed by atoms with van der Waals surface area (Å²) in [6.07, 6.45) is 0.878. The Kier molecular flexibility index (Phi) is 7.36. The number of para-hydroxylation sites is 1. The van der Waals surface area contributed by atoms with E-state index in [0.717, 1.165) is 6.29 Å². The van der Waals surface area contributed by atoms with Gasteiger partial charge in [0.1, 0.15) is 17.6 Å². The number of esters is 1. The fraction of sp³-hybridized carbons (Fsp3) is 0.318. The third-order valence-corrected chi connectivity index (χ3v) is 3.53. The number of benzene rings is 2. The number of ether oxygens (including phenoxy) is 3. The first-order chi connectivity index (χ1) is 13.7. The Morgan fingerprint density at radius 1 is 1.07 bits per heavy atom. The second-order valence-electron chi connectivity index (χ2n) is 7.27. The SMILES string of the molecule is CCCC(=O)Oc1c(NC(=O)OC(C)(C)C)cccc1Oc1ccc(C=O)cc1. The Hall–Kier alpha value is -3.35. The van der Waals surface area contributed by atoms with Gasteiger partial charge in [0.15, 0.2) is 11.5 Å². The Morgan fingerprint density at radius 3 is 2.34 bits per heavy atom. The van der Waals surface area contributed by atoms with Gasteiger partial charge in [-0.3, -0.25) is 14.9 Å². The molecule has 154 valence electrons.